The third-order valence-electron chi connectivity index (χ3n) is 3.27. The molecule has 2 aromatic rings. The first-order chi connectivity index (χ1) is 8.75. The molecular weight excluding hydrogens is 232 g/mol. The van der Waals surface area contributed by atoms with Crippen molar-refractivity contribution in [3.8, 4) is 11.5 Å². The Morgan fingerprint density at radius 3 is 2.72 bits per heavy atom. The van der Waals surface area contributed by atoms with Crippen LogP contribution in [0.2, 0.25) is 0 Å². The van der Waals surface area contributed by atoms with E-state index >= 15 is 0 Å². The van der Waals surface area contributed by atoms with Crippen LogP contribution in [0.3, 0.4) is 0 Å². The molecule has 0 amide bonds. The lowest BCUT2D eigenvalue weighted by atomic mass is 10.1. The van der Waals surface area contributed by atoms with Crippen LogP contribution in [-0.2, 0) is 7.05 Å². The number of anilines is 2. The molecule has 0 atom stereocenters. The maximum atomic E-state index is 5.88. The Morgan fingerprint density at radius 2 is 2.06 bits per heavy atom. The number of hydrogen-bond donors (Lipinski definition) is 1. The molecule has 96 valence electrons. The van der Waals surface area contributed by atoms with Gasteiger partial charge in [-0.15, -0.1) is 0 Å². The summed E-state index contributed by atoms with van der Waals surface area (Å²) in [5.74, 6) is 1.61. The van der Waals surface area contributed by atoms with Crippen molar-refractivity contribution in [1.82, 2.24) is 19.9 Å². The van der Waals surface area contributed by atoms with E-state index in [-0.39, 0.29) is 0 Å². The molecule has 0 radical (unpaired) electrons. The lowest BCUT2D eigenvalue weighted by Crippen LogP contribution is -2.30. The summed E-state index contributed by atoms with van der Waals surface area (Å²) in [6.45, 7) is 1.98. The van der Waals surface area contributed by atoms with Crippen LogP contribution in [0.1, 0.15) is 19.3 Å². The van der Waals surface area contributed by atoms with Gasteiger partial charge in [-0.1, -0.05) is 0 Å². The van der Waals surface area contributed by atoms with Crippen LogP contribution in [0.4, 0.5) is 11.8 Å². The van der Waals surface area contributed by atoms with Gasteiger partial charge in [-0.25, -0.2) is 0 Å². The molecule has 0 saturated carbocycles. The van der Waals surface area contributed by atoms with E-state index in [1.54, 1.807) is 17.9 Å². The minimum absolute atomic E-state index is 0.432. The van der Waals surface area contributed by atoms with Crippen LogP contribution in [0.25, 0.3) is 11.5 Å². The van der Waals surface area contributed by atoms with Crippen LogP contribution < -0.4 is 10.6 Å². The van der Waals surface area contributed by atoms with Gasteiger partial charge in [-0.3, -0.25) is 4.68 Å². The predicted molar refractivity (Wildman–Crippen MR) is 67.0 cm³/mol. The fourth-order valence-electron chi connectivity index (χ4n) is 2.16. The van der Waals surface area contributed by atoms with E-state index in [2.05, 4.69) is 20.1 Å². The number of nitrogens with two attached hydrogens (primary N) is 1. The first kappa shape index (κ1) is 11.1. The van der Waals surface area contributed by atoms with Crippen molar-refractivity contribution in [2.45, 2.75) is 19.3 Å². The zero-order valence-electron chi connectivity index (χ0n) is 10.3. The Labute approximate surface area is 105 Å². The molecule has 0 aliphatic carbocycles. The number of piperidine rings is 1. The Hall–Kier alpha value is -2.05. The topological polar surface area (TPSA) is 86.0 Å². The van der Waals surface area contributed by atoms with Crippen LogP contribution in [0.5, 0.6) is 0 Å². The molecule has 18 heavy (non-hydrogen) atoms. The van der Waals surface area contributed by atoms with E-state index < -0.39 is 0 Å². The van der Waals surface area contributed by atoms with Gasteiger partial charge < -0.3 is 15.2 Å². The zero-order valence-corrected chi connectivity index (χ0v) is 10.3. The molecule has 1 aliphatic rings. The van der Waals surface area contributed by atoms with E-state index in [1.807, 2.05) is 0 Å². The third kappa shape index (κ3) is 1.81. The minimum atomic E-state index is 0.432. The summed E-state index contributed by atoms with van der Waals surface area (Å²) in [7, 11) is 1.78. The minimum Gasteiger partial charge on any atom is -0.383 e. The van der Waals surface area contributed by atoms with Gasteiger partial charge in [-0.05, 0) is 24.4 Å². The third-order valence-corrected chi connectivity index (χ3v) is 3.27. The first-order valence-corrected chi connectivity index (χ1v) is 6.12. The Kier molecular flexibility index (Phi) is 2.66. The highest BCUT2D eigenvalue weighted by atomic mass is 16.5. The summed E-state index contributed by atoms with van der Waals surface area (Å²) in [6.07, 6.45) is 5.28. The Bertz CT molecular complexity index is 539. The summed E-state index contributed by atoms with van der Waals surface area (Å²) >= 11 is 0. The summed E-state index contributed by atoms with van der Waals surface area (Å²) in [6, 6.07) is 0. The van der Waals surface area contributed by atoms with E-state index in [0.29, 0.717) is 23.2 Å². The summed E-state index contributed by atoms with van der Waals surface area (Å²) in [5, 5.41) is 8.08. The smallest absolute Gasteiger partial charge is 0.266 e. The first-order valence-electron chi connectivity index (χ1n) is 6.12. The quantitative estimate of drug-likeness (QED) is 0.854. The van der Waals surface area contributed by atoms with Crippen LogP contribution in [0, 0.1) is 0 Å². The van der Waals surface area contributed by atoms with Crippen molar-refractivity contribution in [2.24, 2.45) is 7.05 Å². The second-order valence-corrected chi connectivity index (χ2v) is 4.51. The van der Waals surface area contributed by atoms with Gasteiger partial charge in [0.15, 0.2) is 0 Å². The number of nitrogen functional groups attached to an aromatic ring is 1. The molecule has 0 spiro atoms. The van der Waals surface area contributed by atoms with Gasteiger partial charge in [-0.2, -0.15) is 10.1 Å². The summed E-state index contributed by atoms with van der Waals surface area (Å²) in [4.78, 5) is 6.54. The summed E-state index contributed by atoms with van der Waals surface area (Å²) < 4.78 is 6.85. The fourth-order valence-corrected chi connectivity index (χ4v) is 2.16. The van der Waals surface area contributed by atoms with Crippen molar-refractivity contribution in [3.63, 3.8) is 0 Å². The molecule has 2 N–H and O–H groups in total. The molecule has 3 rings (SSSR count). The van der Waals surface area contributed by atoms with E-state index in [4.69, 9.17) is 10.3 Å². The van der Waals surface area contributed by atoms with Gasteiger partial charge in [0.1, 0.15) is 11.4 Å². The van der Waals surface area contributed by atoms with Gasteiger partial charge in [0, 0.05) is 20.1 Å². The molecule has 0 aromatic carbocycles. The van der Waals surface area contributed by atoms with Crippen molar-refractivity contribution < 1.29 is 4.52 Å². The number of rotatable bonds is 2. The van der Waals surface area contributed by atoms with E-state index in [1.165, 1.54) is 19.3 Å². The Morgan fingerprint density at radius 1 is 1.28 bits per heavy atom. The zero-order chi connectivity index (χ0) is 12.5. The molecule has 3 heterocycles. The van der Waals surface area contributed by atoms with E-state index in [0.717, 1.165) is 13.1 Å². The highest BCUT2D eigenvalue weighted by Gasteiger charge is 2.19. The molecule has 1 aliphatic heterocycles. The number of aromatic nitrogens is 4. The van der Waals surface area contributed by atoms with Gasteiger partial charge in [0.25, 0.3) is 11.8 Å². The maximum Gasteiger partial charge on any atom is 0.266 e. The molecular formula is C11H16N6O. The normalized spacial score (nSPS) is 16.2. The predicted octanol–water partition coefficient (Wildman–Crippen LogP) is 1.04. The second-order valence-electron chi connectivity index (χ2n) is 4.51. The van der Waals surface area contributed by atoms with E-state index in [9.17, 15) is 0 Å². The van der Waals surface area contributed by atoms with Gasteiger partial charge in [0.05, 0.1) is 6.20 Å². The fraction of sp³-hybridized carbons (Fsp3) is 0.545. The molecule has 2 aromatic heterocycles. The van der Waals surface area contributed by atoms with Crippen LogP contribution in [0.15, 0.2) is 10.7 Å². The SMILES string of the molecule is Cn1ncc(-c2nc(N3CCCCC3)no2)c1N. The molecule has 7 nitrogen and oxygen atoms in total. The standard InChI is InChI=1S/C11H16N6O/c1-16-9(12)8(7-13-16)10-14-11(15-18-10)17-5-3-2-4-6-17/h7H,2-6,12H2,1H3. The molecule has 0 unspecified atom stereocenters. The van der Waals surface area contributed by atoms with Gasteiger partial charge >= 0.3 is 0 Å². The average molecular weight is 248 g/mol. The molecule has 7 heteroatoms. The number of hydrogen-bond acceptors (Lipinski definition) is 6. The summed E-state index contributed by atoms with van der Waals surface area (Å²) in [5.41, 5.74) is 6.57. The molecule has 0 bridgehead atoms. The highest BCUT2D eigenvalue weighted by Crippen LogP contribution is 2.26. The van der Waals surface area contributed by atoms with Crippen LogP contribution >= 0.6 is 0 Å². The number of nitrogens with zero attached hydrogens (tertiary/aromatic N) is 5. The average Bonchev–Trinajstić information content (AvgIpc) is 3.00. The maximum absolute atomic E-state index is 5.88. The Balaban J connectivity index is 1.87. The lowest BCUT2D eigenvalue weighted by molar-refractivity contribution is 0.426. The monoisotopic (exact) mass is 248 g/mol. The van der Waals surface area contributed by atoms with Crippen molar-refractivity contribution in [2.75, 3.05) is 23.7 Å². The largest absolute Gasteiger partial charge is 0.383 e. The lowest BCUT2D eigenvalue weighted by Gasteiger charge is -2.24. The van der Waals surface area contributed by atoms with Crippen LogP contribution in [-0.4, -0.2) is 33.0 Å². The number of aryl methyl sites for hydroxylation is 1. The van der Waals surface area contributed by atoms with Crippen molar-refractivity contribution in [1.29, 1.82) is 0 Å². The van der Waals surface area contributed by atoms with Gasteiger partial charge in [0.2, 0.25) is 0 Å². The molecule has 1 fully saturated rings. The van der Waals surface area contributed by atoms with Crippen molar-refractivity contribution >= 4 is 11.8 Å². The molecule has 1 saturated heterocycles. The van der Waals surface area contributed by atoms with Crippen molar-refractivity contribution in [3.05, 3.63) is 6.20 Å². The highest BCUT2D eigenvalue weighted by molar-refractivity contribution is 5.67. The second kappa shape index (κ2) is 4.32.